The second-order valence-corrected chi connectivity index (χ2v) is 20.5. The molecular weight excluding hydrogens is 823 g/mol. The zero-order valence-corrected chi connectivity index (χ0v) is 38.6. The van der Waals surface area contributed by atoms with Crippen LogP contribution in [0, 0.1) is 0 Å². The maximum absolute atomic E-state index is 2.47. The number of hydrogen-bond donors (Lipinski definition) is 0. The summed E-state index contributed by atoms with van der Waals surface area (Å²) in [5.74, 6) is 0. The molecule has 0 unspecified atom stereocenters. The van der Waals surface area contributed by atoms with Crippen molar-refractivity contribution in [3.63, 3.8) is 0 Å². The summed E-state index contributed by atoms with van der Waals surface area (Å²) in [6.07, 6.45) is 0. The molecule has 0 bridgehead atoms. The van der Waals surface area contributed by atoms with Crippen LogP contribution in [0.1, 0.15) is 49.9 Å². The lowest BCUT2D eigenvalue weighted by Crippen LogP contribution is -2.17. The third kappa shape index (κ3) is 6.25. The van der Waals surface area contributed by atoms with Crippen molar-refractivity contribution in [3.05, 3.63) is 235 Å². The Hall–Kier alpha value is -7.04. The van der Waals surface area contributed by atoms with E-state index in [0.29, 0.717) is 0 Å². The van der Waals surface area contributed by atoms with Crippen molar-refractivity contribution < 1.29 is 0 Å². The van der Waals surface area contributed by atoms with Gasteiger partial charge in [-0.2, -0.15) is 0 Å². The first kappa shape index (κ1) is 39.5. The van der Waals surface area contributed by atoms with Crippen LogP contribution in [0.4, 0.5) is 17.1 Å². The van der Waals surface area contributed by atoms with Crippen molar-refractivity contribution in [1.29, 1.82) is 0 Å². The average Bonchev–Trinajstić information content (AvgIpc) is 4.07. The number of nitrogens with zero attached hydrogens (tertiary/aromatic N) is 1. The zero-order chi connectivity index (χ0) is 43.9. The number of benzene rings is 8. The molecule has 8 aromatic carbocycles. The molecule has 0 radical (unpaired) electrons. The Labute approximate surface area is 390 Å². The topological polar surface area (TPSA) is 3.24 Å². The number of para-hydroxylation sites is 1. The highest BCUT2D eigenvalue weighted by molar-refractivity contribution is 7.26. The highest BCUT2D eigenvalue weighted by Crippen LogP contribution is 2.65. The van der Waals surface area contributed by atoms with Gasteiger partial charge in [-0.05, 0) is 91.5 Å². The quantitative estimate of drug-likeness (QED) is 0.147. The molecule has 2 aliphatic rings. The number of hydrogen-bond acceptors (Lipinski definition) is 3. The molecule has 0 N–H and O–H groups in total. The van der Waals surface area contributed by atoms with Crippen molar-refractivity contribution in [2.45, 2.75) is 38.5 Å². The minimum Gasteiger partial charge on any atom is -0.310 e. The Morgan fingerprint density at radius 1 is 0.323 bits per heavy atom. The lowest BCUT2D eigenvalue weighted by Gasteiger charge is -2.30. The van der Waals surface area contributed by atoms with Gasteiger partial charge in [0, 0.05) is 58.4 Å². The van der Waals surface area contributed by atoms with Crippen molar-refractivity contribution in [3.8, 4) is 75.1 Å². The number of anilines is 3. The smallest absolute Gasteiger partial charge is 0.0540 e. The molecule has 0 saturated carbocycles. The Morgan fingerprint density at radius 2 is 0.754 bits per heavy atom. The van der Waals surface area contributed by atoms with Gasteiger partial charge in [-0.3, -0.25) is 0 Å². The molecule has 2 aliphatic carbocycles. The van der Waals surface area contributed by atoms with E-state index in [9.17, 15) is 0 Å². The van der Waals surface area contributed by atoms with Crippen molar-refractivity contribution in [2.75, 3.05) is 4.90 Å². The minimum absolute atomic E-state index is 0.125. The van der Waals surface area contributed by atoms with Gasteiger partial charge in [-0.1, -0.05) is 210 Å². The lowest BCUT2D eigenvalue weighted by atomic mass is 9.76. The van der Waals surface area contributed by atoms with Crippen LogP contribution in [0.2, 0.25) is 0 Å². The first-order valence-corrected chi connectivity index (χ1v) is 24.2. The Kier molecular flexibility index (Phi) is 9.31. The van der Waals surface area contributed by atoms with E-state index >= 15 is 0 Å². The summed E-state index contributed by atoms with van der Waals surface area (Å²) in [6, 6.07) is 78.2. The normalized spacial score (nSPS) is 13.8. The molecule has 0 atom stereocenters. The van der Waals surface area contributed by atoms with Crippen LogP contribution < -0.4 is 4.90 Å². The van der Waals surface area contributed by atoms with E-state index in [0.717, 1.165) is 17.1 Å². The molecule has 2 aromatic heterocycles. The molecule has 1 nitrogen and oxygen atoms in total. The summed E-state index contributed by atoms with van der Waals surface area (Å²) in [4.78, 5) is 7.94. The molecule has 312 valence electrons. The Balaban J connectivity index is 1.04. The summed E-state index contributed by atoms with van der Waals surface area (Å²) < 4.78 is 0. The van der Waals surface area contributed by atoms with Crippen LogP contribution in [0.3, 0.4) is 0 Å². The fraction of sp³-hybridized carbons (Fsp3) is 0.0968. The summed E-state index contributed by atoms with van der Waals surface area (Å²) in [5, 5.41) is 0. The number of rotatable bonds is 8. The third-order valence-electron chi connectivity index (χ3n) is 13.9. The third-order valence-corrected chi connectivity index (χ3v) is 16.5. The molecule has 2 heterocycles. The van der Waals surface area contributed by atoms with Gasteiger partial charge in [0.25, 0.3) is 0 Å². The van der Waals surface area contributed by atoms with Gasteiger partial charge < -0.3 is 4.90 Å². The molecule has 0 aliphatic heterocycles. The van der Waals surface area contributed by atoms with Gasteiger partial charge in [-0.25, -0.2) is 0 Å². The standard InChI is InChI=1S/C62H47NS2/c1-61(2)50-31-19-17-30-48(50)49-38-37-46(39-51(49)61)63(52-32-20-18-29-47(52)40-21-9-5-10-22-40)45-35-33-42(34-36-45)54-56-60(65-58(54)44-27-15-8-16-28-44)59-55(62(56,3)4)53(41-23-11-6-12-24-41)57(64-59)43-25-13-7-14-26-43/h5-39H,1-4H3. The molecule has 10 aromatic rings. The Bertz CT molecular complexity index is 3390. The predicted octanol–water partition coefficient (Wildman–Crippen LogP) is 18.2. The van der Waals surface area contributed by atoms with E-state index < -0.39 is 0 Å². The second-order valence-electron chi connectivity index (χ2n) is 18.4. The van der Waals surface area contributed by atoms with E-state index in [1.807, 2.05) is 22.7 Å². The fourth-order valence-electron chi connectivity index (χ4n) is 10.8. The summed E-state index contributed by atoms with van der Waals surface area (Å²) in [5.41, 5.74) is 21.4. The number of thiophene rings is 2. The van der Waals surface area contributed by atoms with Crippen molar-refractivity contribution in [1.82, 2.24) is 0 Å². The van der Waals surface area contributed by atoms with E-state index in [1.54, 1.807) is 0 Å². The molecule has 0 spiro atoms. The molecule has 12 rings (SSSR count). The largest absolute Gasteiger partial charge is 0.310 e. The van der Waals surface area contributed by atoms with Gasteiger partial charge >= 0.3 is 0 Å². The average molecular weight is 870 g/mol. The maximum Gasteiger partial charge on any atom is 0.0540 e. The maximum atomic E-state index is 2.47. The van der Waals surface area contributed by atoms with E-state index in [-0.39, 0.29) is 10.8 Å². The summed E-state index contributed by atoms with van der Waals surface area (Å²) >= 11 is 3.93. The van der Waals surface area contributed by atoms with E-state index in [2.05, 4.69) is 245 Å². The highest BCUT2D eigenvalue weighted by atomic mass is 32.1. The first-order valence-electron chi connectivity index (χ1n) is 22.6. The van der Waals surface area contributed by atoms with Crippen LogP contribution in [0.15, 0.2) is 212 Å². The molecule has 65 heavy (non-hydrogen) atoms. The van der Waals surface area contributed by atoms with Gasteiger partial charge in [0.15, 0.2) is 0 Å². The van der Waals surface area contributed by atoms with Gasteiger partial charge in [0.05, 0.1) is 5.69 Å². The lowest BCUT2D eigenvalue weighted by molar-refractivity contribution is 0.660. The molecule has 0 amide bonds. The van der Waals surface area contributed by atoms with Gasteiger partial charge in [0.1, 0.15) is 0 Å². The molecular formula is C62H47NS2. The van der Waals surface area contributed by atoms with Gasteiger partial charge in [-0.15, -0.1) is 22.7 Å². The first-order chi connectivity index (χ1) is 31.8. The monoisotopic (exact) mass is 869 g/mol. The van der Waals surface area contributed by atoms with Crippen LogP contribution >= 0.6 is 22.7 Å². The van der Waals surface area contributed by atoms with E-state index in [4.69, 9.17) is 0 Å². The van der Waals surface area contributed by atoms with Crippen LogP contribution in [0.25, 0.3) is 75.1 Å². The highest BCUT2D eigenvalue weighted by Gasteiger charge is 2.45. The van der Waals surface area contributed by atoms with E-state index in [1.165, 1.54) is 97.4 Å². The van der Waals surface area contributed by atoms with Crippen molar-refractivity contribution >= 4 is 39.7 Å². The van der Waals surface area contributed by atoms with Gasteiger partial charge in [0.2, 0.25) is 0 Å². The number of fused-ring (bicyclic) bond motifs is 6. The molecule has 0 fully saturated rings. The summed E-state index contributed by atoms with van der Waals surface area (Å²) in [6.45, 7) is 9.66. The molecule has 3 heteroatoms. The minimum atomic E-state index is -0.258. The Morgan fingerprint density at radius 3 is 1.32 bits per heavy atom. The summed E-state index contributed by atoms with van der Waals surface area (Å²) in [7, 11) is 0. The van der Waals surface area contributed by atoms with Crippen LogP contribution in [-0.4, -0.2) is 0 Å². The fourth-order valence-corrected chi connectivity index (χ4v) is 13.9. The second kappa shape index (κ2) is 15.3. The zero-order valence-electron chi connectivity index (χ0n) is 37.0. The van der Waals surface area contributed by atoms with Crippen LogP contribution in [-0.2, 0) is 10.8 Å². The van der Waals surface area contributed by atoms with Crippen LogP contribution in [0.5, 0.6) is 0 Å². The van der Waals surface area contributed by atoms with Crippen molar-refractivity contribution in [2.24, 2.45) is 0 Å². The SMILES string of the molecule is CC1(C)c2ccccc2-c2ccc(N(c3ccc(-c4c(-c5ccccc5)sc5c4C(C)(C)c4c-5sc(-c5ccccc5)c4-c4ccccc4)cc3)c3ccccc3-c3ccccc3)cc21. The predicted molar refractivity (Wildman–Crippen MR) is 279 cm³/mol. The molecule has 0 saturated heterocycles.